The first-order chi connectivity index (χ1) is 16.4. The van der Waals surface area contributed by atoms with Gasteiger partial charge in [0, 0.05) is 30.5 Å². The summed E-state index contributed by atoms with van der Waals surface area (Å²) in [5, 5.41) is 2.87. The molecule has 0 aliphatic carbocycles. The molecule has 1 amide bonds. The maximum absolute atomic E-state index is 13.4. The summed E-state index contributed by atoms with van der Waals surface area (Å²) in [6.45, 7) is 4.76. The highest BCUT2D eigenvalue weighted by atomic mass is 19.1. The van der Waals surface area contributed by atoms with Crippen molar-refractivity contribution in [3.8, 4) is 11.4 Å². The van der Waals surface area contributed by atoms with Crippen LogP contribution in [0.5, 0.6) is 0 Å². The minimum Gasteiger partial charge on any atom is -0.348 e. The van der Waals surface area contributed by atoms with E-state index in [0.29, 0.717) is 29.3 Å². The fraction of sp³-hybridized carbons (Fsp3) is 0.148. The van der Waals surface area contributed by atoms with Gasteiger partial charge in [-0.1, -0.05) is 24.3 Å². The molecule has 0 radical (unpaired) electrons. The van der Waals surface area contributed by atoms with Crippen molar-refractivity contribution in [1.82, 2.24) is 15.3 Å². The molecule has 0 aliphatic rings. The predicted octanol–water partition coefficient (Wildman–Crippen LogP) is 5.82. The van der Waals surface area contributed by atoms with Crippen molar-refractivity contribution in [2.24, 2.45) is 0 Å². The number of carbonyl (C=O) groups excluding carboxylic acids is 1. The first-order valence-corrected chi connectivity index (χ1v) is 10.9. The van der Waals surface area contributed by atoms with E-state index in [1.165, 1.54) is 30.5 Å². The van der Waals surface area contributed by atoms with E-state index in [2.05, 4.69) is 10.3 Å². The first-order valence-electron chi connectivity index (χ1n) is 10.9. The minimum absolute atomic E-state index is 0.231. The Morgan fingerprint density at radius 1 is 0.971 bits per heavy atom. The third-order valence-electron chi connectivity index (χ3n) is 5.37. The molecule has 5 nitrogen and oxygen atoms in total. The molecule has 1 heterocycles. The molecule has 7 heteroatoms. The molecule has 4 aromatic rings. The number of benzene rings is 3. The normalized spacial score (nSPS) is 10.7. The molecular formula is C27H24F2N4O. The van der Waals surface area contributed by atoms with Crippen molar-refractivity contribution in [2.45, 2.75) is 20.4 Å². The quantitative estimate of drug-likeness (QED) is 0.379. The zero-order chi connectivity index (χ0) is 24.1. The van der Waals surface area contributed by atoms with Gasteiger partial charge in [-0.25, -0.2) is 18.7 Å². The van der Waals surface area contributed by atoms with E-state index >= 15 is 0 Å². The molecule has 0 saturated carbocycles. The lowest BCUT2D eigenvalue weighted by Gasteiger charge is -2.25. The highest BCUT2D eigenvalue weighted by molar-refractivity contribution is 5.99. The molecule has 4 rings (SSSR count). The topological polar surface area (TPSA) is 58.1 Å². The molecule has 3 aromatic carbocycles. The van der Waals surface area contributed by atoms with Crippen LogP contribution in [-0.4, -0.2) is 22.4 Å². The van der Waals surface area contributed by atoms with Crippen molar-refractivity contribution in [3.63, 3.8) is 0 Å². The Balaban J connectivity index is 1.72. The second kappa shape index (κ2) is 10.2. The Bertz CT molecular complexity index is 1290. The van der Waals surface area contributed by atoms with Crippen molar-refractivity contribution in [3.05, 3.63) is 107 Å². The number of amides is 1. The Labute approximate surface area is 197 Å². The summed E-state index contributed by atoms with van der Waals surface area (Å²) in [6.07, 6.45) is 1.49. The average molecular weight is 459 g/mol. The van der Waals surface area contributed by atoms with E-state index in [1.807, 2.05) is 43.0 Å². The van der Waals surface area contributed by atoms with Crippen LogP contribution in [0.4, 0.5) is 20.3 Å². The summed E-state index contributed by atoms with van der Waals surface area (Å²) in [5.74, 6) is -0.208. The molecule has 0 saturated heterocycles. The molecule has 1 N–H and O–H groups in total. The van der Waals surface area contributed by atoms with Crippen LogP contribution in [0.2, 0.25) is 0 Å². The van der Waals surface area contributed by atoms with Gasteiger partial charge in [-0.15, -0.1) is 0 Å². The Morgan fingerprint density at radius 3 is 2.29 bits per heavy atom. The maximum atomic E-state index is 13.4. The summed E-state index contributed by atoms with van der Waals surface area (Å²) >= 11 is 0. The number of nitrogens with one attached hydrogen (secondary N) is 1. The third-order valence-corrected chi connectivity index (χ3v) is 5.37. The molecule has 34 heavy (non-hydrogen) atoms. The van der Waals surface area contributed by atoms with Crippen molar-refractivity contribution < 1.29 is 13.6 Å². The zero-order valence-corrected chi connectivity index (χ0v) is 18.9. The van der Waals surface area contributed by atoms with E-state index in [9.17, 15) is 13.6 Å². The average Bonchev–Trinajstić information content (AvgIpc) is 2.84. The standard InChI is InChI=1S/C27H24F2N4O/c1-3-33(23-6-4-5-18(2)15-23)26-24(27(34)31-16-19-7-11-21(28)12-8-19)17-30-25(32-26)20-9-13-22(29)14-10-20/h4-15,17H,3,16H2,1-2H3,(H,31,34). The molecule has 0 atom stereocenters. The Hall–Kier alpha value is -4.13. The predicted molar refractivity (Wildman–Crippen MR) is 129 cm³/mol. The van der Waals surface area contributed by atoms with Crippen LogP contribution in [0.3, 0.4) is 0 Å². The van der Waals surface area contributed by atoms with Crippen LogP contribution in [-0.2, 0) is 6.54 Å². The molecule has 172 valence electrons. The number of anilines is 2. The van der Waals surface area contributed by atoms with Gasteiger partial charge in [0.05, 0.1) is 0 Å². The van der Waals surface area contributed by atoms with Crippen LogP contribution in [0.15, 0.2) is 79.0 Å². The van der Waals surface area contributed by atoms with E-state index in [0.717, 1.165) is 16.8 Å². The summed E-state index contributed by atoms with van der Waals surface area (Å²) in [4.78, 5) is 24.2. The minimum atomic E-state index is -0.351. The zero-order valence-electron chi connectivity index (χ0n) is 18.9. The van der Waals surface area contributed by atoms with Crippen LogP contribution in [0.1, 0.15) is 28.4 Å². The molecule has 0 spiro atoms. The van der Waals surface area contributed by atoms with E-state index < -0.39 is 0 Å². The lowest BCUT2D eigenvalue weighted by atomic mass is 10.1. The molecule has 0 unspecified atom stereocenters. The second-order valence-corrected chi connectivity index (χ2v) is 7.83. The Kier molecular flexibility index (Phi) is 6.92. The van der Waals surface area contributed by atoms with Gasteiger partial charge in [0.25, 0.3) is 5.91 Å². The van der Waals surface area contributed by atoms with E-state index in [1.54, 1.807) is 24.3 Å². The van der Waals surface area contributed by atoms with Crippen LogP contribution in [0, 0.1) is 18.6 Å². The van der Waals surface area contributed by atoms with Gasteiger partial charge in [0.1, 0.15) is 23.0 Å². The number of rotatable bonds is 7. The summed E-state index contributed by atoms with van der Waals surface area (Å²) in [5.41, 5.74) is 3.67. The number of aromatic nitrogens is 2. The number of halogens is 2. The summed E-state index contributed by atoms with van der Waals surface area (Å²) in [6, 6.07) is 19.8. The molecular weight excluding hydrogens is 434 g/mol. The number of nitrogens with zero attached hydrogens (tertiary/aromatic N) is 3. The number of aryl methyl sites for hydroxylation is 1. The van der Waals surface area contributed by atoms with Gasteiger partial charge in [0.2, 0.25) is 0 Å². The van der Waals surface area contributed by atoms with Crippen LogP contribution < -0.4 is 10.2 Å². The molecule has 0 aliphatic heterocycles. The first kappa shape index (κ1) is 23.0. The highest BCUT2D eigenvalue weighted by Crippen LogP contribution is 2.29. The number of hydrogen-bond acceptors (Lipinski definition) is 4. The highest BCUT2D eigenvalue weighted by Gasteiger charge is 2.21. The Morgan fingerprint density at radius 2 is 1.65 bits per heavy atom. The smallest absolute Gasteiger partial charge is 0.256 e. The van der Waals surface area contributed by atoms with Crippen LogP contribution in [0.25, 0.3) is 11.4 Å². The monoisotopic (exact) mass is 458 g/mol. The van der Waals surface area contributed by atoms with Gasteiger partial charge in [-0.2, -0.15) is 0 Å². The van der Waals surface area contributed by atoms with Gasteiger partial charge in [-0.3, -0.25) is 4.79 Å². The maximum Gasteiger partial charge on any atom is 0.256 e. The van der Waals surface area contributed by atoms with Crippen LogP contribution >= 0.6 is 0 Å². The third kappa shape index (κ3) is 5.26. The largest absolute Gasteiger partial charge is 0.348 e. The van der Waals surface area contributed by atoms with Gasteiger partial charge in [0.15, 0.2) is 5.82 Å². The fourth-order valence-electron chi connectivity index (χ4n) is 3.61. The van der Waals surface area contributed by atoms with Gasteiger partial charge >= 0.3 is 0 Å². The van der Waals surface area contributed by atoms with Crippen molar-refractivity contribution in [2.75, 3.05) is 11.4 Å². The lowest BCUT2D eigenvalue weighted by Crippen LogP contribution is -2.28. The number of carbonyl (C=O) groups is 1. The fourth-order valence-corrected chi connectivity index (χ4v) is 3.61. The van der Waals surface area contributed by atoms with E-state index in [4.69, 9.17) is 4.98 Å². The summed E-state index contributed by atoms with van der Waals surface area (Å²) in [7, 11) is 0. The number of hydrogen-bond donors (Lipinski definition) is 1. The lowest BCUT2D eigenvalue weighted by molar-refractivity contribution is 0.0951. The molecule has 1 aromatic heterocycles. The SMILES string of the molecule is CCN(c1cccc(C)c1)c1nc(-c2ccc(F)cc2)ncc1C(=O)NCc1ccc(F)cc1. The molecule has 0 fully saturated rings. The van der Waals surface area contributed by atoms with Gasteiger partial charge in [-0.05, 0) is 73.5 Å². The molecule has 0 bridgehead atoms. The van der Waals surface area contributed by atoms with Crippen molar-refractivity contribution >= 4 is 17.4 Å². The van der Waals surface area contributed by atoms with Gasteiger partial charge < -0.3 is 10.2 Å². The van der Waals surface area contributed by atoms with Crippen molar-refractivity contribution in [1.29, 1.82) is 0 Å². The summed E-state index contributed by atoms with van der Waals surface area (Å²) < 4.78 is 26.6. The van der Waals surface area contributed by atoms with E-state index in [-0.39, 0.29) is 24.1 Å². The second-order valence-electron chi connectivity index (χ2n) is 7.83.